The molecule has 6 heteroatoms. The number of thiophene rings is 1. The fourth-order valence-corrected chi connectivity index (χ4v) is 5.27. The number of piperidine rings is 1. The number of nitrogens with zero attached hydrogens (tertiary/aromatic N) is 1. The molecule has 2 unspecified atom stereocenters. The molecular weight excluding hydrogens is 268 g/mol. The van der Waals surface area contributed by atoms with E-state index in [-0.39, 0.29) is 5.92 Å². The van der Waals surface area contributed by atoms with Crippen LogP contribution in [0.2, 0.25) is 0 Å². The molecule has 1 fully saturated rings. The van der Waals surface area contributed by atoms with Crippen LogP contribution in [0.5, 0.6) is 0 Å². The van der Waals surface area contributed by atoms with Gasteiger partial charge in [0.15, 0.2) is 0 Å². The molecule has 102 valence electrons. The molecule has 0 amide bonds. The molecule has 0 bridgehead atoms. The van der Waals surface area contributed by atoms with Crippen LogP contribution in [0.25, 0.3) is 0 Å². The highest BCUT2D eigenvalue weighted by atomic mass is 32.2. The number of aryl methyl sites for hydroxylation is 1. The van der Waals surface area contributed by atoms with E-state index in [4.69, 9.17) is 5.73 Å². The summed E-state index contributed by atoms with van der Waals surface area (Å²) in [6.45, 7) is 5.78. The Labute approximate surface area is 113 Å². The van der Waals surface area contributed by atoms with Crippen LogP contribution in [0.15, 0.2) is 16.3 Å². The van der Waals surface area contributed by atoms with E-state index >= 15 is 0 Å². The van der Waals surface area contributed by atoms with Gasteiger partial charge in [0, 0.05) is 18.0 Å². The van der Waals surface area contributed by atoms with Gasteiger partial charge in [0.25, 0.3) is 10.0 Å². The summed E-state index contributed by atoms with van der Waals surface area (Å²) in [6.07, 6.45) is 0.894. The molecule has 0 aliphatic carbocycles. The van der Waals surface area contributed by atoms with E-state index < -0.39 is 10.0 Å². The normalized spacial score (nSPS) is 26.4. The second-order valence-corrected chi connectivity index (χ2v) is 8.44. The monoisotopic (exact) mass is 288 g/mol. The third kappa shape index (κ3) is 2.61. The van der Waals surface area contributed by atoms with Gasteiger partial charge >= 0.3 is 0 Å². The Morgan fingerprint density at radius 3 is 2.78 bits per heavy atom. The molecule has 0 spiro atoms. The first-order valence-corrected chi connectivity index (χ1v) is 8.47. The molecule has 2 atom stereocenters. The van der Waals surface area contributed by atoms with Gasteiger partial charge in [-0.25, -0.2) is 8.42 Å². The fraction of sp³-hybridized carbons (Fsp3) is 0.667. The molecule has 0 aromatic carbocycles. The number of hydrogen-bond donors (Lipinski definition) is 1. The SMILES string of the molecule is Cc1ccc(S(=O)(=O)N2CCC(C)C(CN)C2)s1. The minimum atomic E-state index is -3.31. The smallest absolute Gasteiger partial charge is 0.252 e. The summed E-state index contributed by atoms with van der Waals surface area (Å²) in [6, 6.07) is 3.55. The summed E-state index contributed by atoms with van der Waals surface area (Å²) in [7, 11) is -3.31. The lowest BCUT2D eigenvalue weighted by Crippen LogP contribution is -2.45. The molecule has 2 N–H and O–H groups in total. The van der Waals surface area contributed by atoms with Crippen LogP contribution in [0.3, 0.4) is 0 Å². The molecule has 1 aliphatic rings. The number of nitrogens with two attached hydrogens (primary N) is 1. The van der Waals surface area contributed by atoms with Crippen LogP contribution >= 0.6 is 11.3 Å². The van der Waals surface area contributed by atoms with Crippen molar-refractivity contribution in [3.05, 3.63) is 17.0 Å². The molecule has 1 aromatic heterocycles. The van der Waals surface area contributed by atoms with Crippen molar-refractivity contribution < 1.29 is 8.42 Å². The van der Waals surface area contributed by atoms with Crippen molar-refractivity contribution in [1.82, 2.24) is 4.31 Å². The topological polar surface area (TPSA) is 63.4 Å². The minimum Gasteiger partial charge on any atom is -0.330 e. The molecular formula is C12H20N2O2S2. The molecule has 1 aromatic rings. The maximum absolute atomic E-state index is 12.5. The lowest BCUT2D eigenvalue weighted by atomic mass is 9.88. The Bertz CT molecular complexity index is 510. The molecule has 18 heavy (non-hydrogen) atoms. The quantitative estimate of drug-likeness (QED) is 0.920. The van der Waals surface area contributed by atoms with Crippen molar-refractivity contribution in [2.24, 2.45) is 17.6 Å². The molecule has 1 aliphatic heterocycles. The van der Waals surface area contributed by atoms with Crippen LogP contribution in [0, 0.1) is 18.8 Å². The molecule has 1 saturated heterocycles. The van der Waals surface area contributed by atoms with Crippen LogP contribution in [-0.2, 0) is 10.0 Å². The number of sulfonamides is 1. The lowest BCUT2D eigenvalue weighted by molar-refractivity contribution is 0.203. The second kappa shape index (κ2) is 5.28. The van der Waals surface area contributed by atoms with Crippen LogP contribution in [0.1, 0.15) is 18.2 Å². The van der Waals surface area contributed by atoms with Crippen molar-refractivity contribution >= 4 is 21.4 Å². The van der Waals surface area contributed by atoms with Crippen molar-refractivity contribution in [2.45, 2.75) is 24.5 Å². The first-order valence-electron chi connectivity index (χ1n) is 6.22. The third-order valence-corrected chi connectivity index (χ3v) is 7.02. The fourth-order valence-electron chi connectivity index (χ4n) is 2.32. The Kier molecular flexibility index (Phi) is 4.11. The molecule has 2 heterocycles. The number of hydrogen-bond acceptors (Lipinski definition) is 4. The zero-order valence-electron chi connectivity index (χ0n) is 10.8. The van der Waals surface area contributed by atoms with Gasteiger partial charge in [0.1, 0.15) is 4.21 Å². The highest BCUT2D eigenvalue weighted by Gasteiger charge is 2.33. The van der Waals surface area contributed by atoms with Crippen LogP contribution < -0.4 is 5.73 Å². The summed E-state index contributed by atoms with van der Waals surface area (Å²) >= 11 is 1.34. The average Bonchev–Trinajstić information content (AvgIpc) is 2.77. The van der Waals surface area contributed by atoms with Crippen LogP contribution in [0.4, 0.5) is 0 Å². The average molecular weight is 288 g/mol. The third-order valence-electron chi connectivity index (χ3n) is 3.69. The summed E-state index contributed by atoms with van der Waals surface area (Å²) < 4.78 is 27.0. The summed E-state index contributed by atoms with van der Waals surface area (Å²) in [5.41, 5.74) is 5.72. The Hall–Kier alpha value is -0.430. The summed E-state index contributed by atoms with van der Waals surface area (Å²) in [5.74, 6) is 0.779. The van der Waals surface area contributed by atoms with E-state index in [2.05, 4.69) is 6.92 Å². The molecule has 0 saturated carbocycles. The van der Waals surface area contributed by atoms with Gasteiger partial charge in [0.05, 0.1) is 0 Å². The van der Waals surface area contributed by atoms with Gasteiger partial charge in [-0.3, -0.25) is 0 Å². The van der Waals surface area contributed by atoms with Gasteiger partial charge < -0.3 is 5.73 Å². The summed E-state index contributed by atoms with van der Waals surface area (Å²) in [4.78, 5) is 1.02. The summed E-state index contributed by atoms with van der Waals surface area (Å²) in [5, 5.41) is 0. The Morgan fingerprint density at radius 1 is 1.50 bits per heavy atom. The van der Waals surface area contributed by atoms with Gasteiger partial charge in [0.2, 0.25) is 0 Å². The predicted octanol–water partition coefficient (Wildman–Crippen LogP) is 1.66. The van der Waals surface area contributed by atoms with Crippen LogP contribution in [-0.4, -0.2) is 32.4 Å². The minimum absolute atomic E-state index is 0.273. The predicted molar refractivity (Wildman–Crippen MR) is 74.1 cm³/mol. The highest BCUT2D eigenvalue weighted by molar-refractivity contribution is 7.91. The maximum Gasteiger partial charge on any atom is 0.252 e. The van der Waals surface area contributed by atoms with Gasteiger partial charge in [-0.2, -0.15) is 4.31 Å². The molecule has 4 nitrogen and oxygen atoms in total. The molecule has 2 rings (SSSR count). The number of rotatable bonds is 3. The Balaban J connectivity index is 2.21. The first-order chi connectivity index (χ1) is 8.45. The highest BCUT2D eigenvalue weighted by Crippen LogP contribution is 2.30. The maximum atomic E-state index is 12.5. The van der Waals surface area contributed by atoms with E-state index in [1.807, 2.05) is 13.0 Å². The van der Waals surface area contributed by atoms with Crippen molar-refractivity contribution in [3.63, 3.8) is 0 Å². The van der Waals surface area contributed by atoms with Gasteiger partial charge in [-0.1, -0.05) is 6.92 Å². The molecule has 0 radical (unpaired) electrons. The van der Waals surface area contributed by atoms with Crippen molar-refractivity contribution in [3.8, 4) is 0 Å². The van der Waals surface area contributed by atoms with E-state index in [0.29, 0.717) is 29.8 Å². The van der Waals surface area contributed by atoms with Crippen molar-refractivity contribution in [2.75, 3.05) is 19.6 Å². The van der Waals surface area contributed by atoms with E-state index in [1.165, 1.54) is 11.3 Å². The second-order valence-electron chi connectivity index (χ2n) is 4.99. The van der Waals surface area contributed by atoms with E-state index in [1.54, 1.807) is 10.4 Å². The zero-order chi connectivity index (χ0) is 13.3. The van der Waals surface area contributed by atoms with Crippen molar-refractivity contribution in [1.29, 1.82) is 0 Å². The van der Waals surface area contributed by atoms with Gasteiger partial charge in [-0.15, -0.1) is 11.3 Å². The van der Waals surface area contributed by atoms with E-state index in [0.717, 1.165) is 11.3 Å². The first kappa shape index (κ1) is 14.0. The van der Waals surface area contributed by atoms with E-state index in [9.17, 15) is 8.42 Å². The van der Waals surface area contributed by atoms with Gasteiger partial charge in [-0.05, 0) is 43.9 Å². The largest absolute Gasteiger partial charge is 0.330 e. The standard InChI is InChI=1S/C12H20N2O2S2/c1-9-5-6-14(8-11(9)7-13)18(15,16)12-4-3-10(2)17-12/h3-4,9,11H,5-8,13H2,1-2H3. The zero-order valence-corrected chi connectivity index (χ0v) is 12.4. The lowest BCUT2D eigenvalue weighted by Gasteiger charge is -2.35. The Morgan fingerprint density at radius 2 is 2.22 bits per heavy atom.